The van der Waals surface area contributed by atoms with Gasteiger partial charge in [-0.15, -0.1) is 11.3 Å². The second-order valence-electron chi connectivity index (χ2n) is 14.5. The van der Waals surface area contributed by atoms with Crippen LogP contribution in [0.2, 0.25) is 5.02 Å². The van der Waals surface area contributed by atoms with Gasteiger partial charge in [0.25, 0.3) is 0 Å². The Kier molecular flexibility index (Phi) is 8.90. The molecule has 2 aliphatic heterocycles. The van der Waals surface area contributed by atoms with Gasteiger partial charge in [-0.05, 0) is 105 Å². The number of aryl methyl sites for hydroxylation is 2. The van der Waals surface area contributed by atoms with Gasteiger partial charge in [-0.25, -0.2) is 4.90 Å². The molecule has 4 heterocycles. The number of aromatic hydroxyl groups is 1. The quantitative estimate of drug-likeness (QED) is 0.144. The molecule has 12 nitrogen and oxygen atoms in total. The summed E-state index contributed by atoms with van der Waals surface area (Å²) in [6.45, 7) is 3.50. The van der Waals surface area contributed by atoms with Gasteiger partial charge in [0.2, 0.25) is 23.6 Å². The van der Waals surface area contributed by atoms with E-state index >= 15 is 4.79 Å². The van der Waals surface area contributed by atoms with E-state index in [1.54, 1.807) is 26.1 Å². The largest absolute Gasteiger partial charge is 0.503 e. The molecule has 0 radical (unpaired) electrons. The van der Waals surface area contributed by atoms with Gasteiger partial charge in [0.1, 0.15) is 11.5 Å². The van der Waals surface area contributed by atoms with Crippen molar-refractivity contribution in [2.75, 3.05) is 18.6 Å². The highest BCUT2D eigenvalue weighted by Crippen LogP contribution is 2.65. The molecule has 2 saturated heterocycles. The number of amides is 4. The first-order chi connectivity index (χ1) is 25.6. The Morgan fingerprint density at radius 2 is 1.83 bits per heavy atom. The van der Waals surface area contributed by atoms with Crippen LogP contribution in [0.4, 0.5) is 5.82 Å². The third-order valence-corrected chi connectivity index (χ3v) is 15.5. The van der Waals surface area contributed by atoms with Crippen LogP contribution in [0.25, 0.3) is 20.7 Å². The molecule has 16 heteroatoms. The van der Waals surface area contributed by atoms with Crippen LogP contribution in [-0.4, -0.2) is 68.1 Å². The average Bonchev–Trinajstić information content (AvgIpc) is 3.80. The smallest absolute Gasteiger partial charge is 0.305 e. The predicted octanol–water partition coefficient (Wildman–Crippen LogP) is 7.21. The number of carbonyl (C=O) groups excluding carboxylic acids is 4. The number of hydrogen-bond donors (Lipinski definition) is 2. The van der Waals surface area contributed by atoms with E-state index in [1.807, 2.05) is 31.2 Å². The monoisotopic (exact) mass is 898 g/mol. The summed E-state index contributed by atoms with van der Waals surface area (Å²) >= 11 is 15.0. The zero-order chi connectivity index (χ0) is 38.7. The second-order valence-corrected chi connectivity index (χ2v) is 17.6. The number of hydrogen-bond acceptors (Lipinski definition) is 9. The van der Waals surface area contributed by atoms with Gasteiger partial charge >= 0.3 is 5.97 Å². The Labute approximate surface area is 334 Å². The number of thiophene rings is 1. The van der Waals surface area contributed by atoms with Crippen LogP contribution in [-0.2, 0) is 31.0 Å². The number of rotatable bonds is 7. The normalized spacial score (nSPS) is 26.4. The SMILES string of the molecule is COc1cc(C2C3=CCC4C(=O)N(CCC(=O)O)C(=O)C4C3CC3C(=O)N(c4cc(-c5sc6ccc(Cl)cc6c5C)nn4C)C(=O)C32C)c(Br)c(Br)c1O. The number of methoxy groups -OCH3 is 1. The molecule has 6 atom stereocenters. The molecule has 6 unspecified atom stereocenters. The van der Waals surface area contributed by atoms with Gasteiger partial charge in [0, 0.05) is 39.8 Å². The molecule has 8 rings (SSSR count). The van der Waals surface area contributed by atoms with E-state index in [2.05, 4.69) is 31.9 Å². The minimum Gasteiger partial charge on any atom is -0.503 e. The van der Waals surface area contributed by atoms with Crippen molar-refractivity contribution in [2.45, 2.75) is 39.0 Å². The molecule has 2 aromatic heterocycles. The van der Waals surface area contributed by atoms with Crippen molar-refractivity contribution in [2.24, 2.45) is 36.1 Å². The Morgan fingerprint density at radius 3 is 2.54 bits per heavy atom. The molecule has 2 aromatic carbocycles. The van der Waals surface area contributed by atoms with Crippen molar-refractivity contribution >= 4 is 100 Å². The average molecular weight is 901 g/mol. The predicted molar refractivity (Wildman–Crippen MR) is 207 cm³/mol. The molecular weight excluding hydrogens is 868 g/mol. The standard InChI is InChI=1S/C38H33Br2ClN4O8S/c1-15-19-11-16(41)5-8-25(19)54-33(15)23-14-26(43(3)42-23)45-35(50)22-12-20-17(6-7-18-28(20)36(51)44(34(18)49)10-9-27(46)47)29(38(22,2)37(45)52)21-13-24(53-4)32(48)31(40)30(21)39/h5-6,8,11,13-14,18,20,22,28-29,48H,7,9-10,12H2,1-4H3,(H,46,47). The number of phenolic OH excluding ortho intramolecular Hbond substituents is 1. The molecule has 2 N–H and O–H groups in total. The molecule has 0 spiro atoms. The topological polar surface area (TPSA) is 159 Å². The van der Waals surface area contributed by atoms with Gasteiger partial charge in [-0.1, -0.05) is 23.3 Å². The minimum atomic E-state index is -1.39. The minimum absolute atomic E-state index is 0.113. The van der Waals surface area contributed by atoms with Crippen molar-refractivity contribution in [1.82, 2.24) is 14.7 Å². The summed E-state index contributed by atoms with van der Waals surface area (Å²) in [7, 11) is 3.09. The number of carboxylic acid groups (broad SMARTS) is 1. The number of phenols is 1. The number of nitrogens with zero attached hydrogens (tertiary/aromatic N) is 4. The zero-order valence-electron chi connectivity index (χ0n) is 29.4. The number of anilines is 1. The van der Waals surface area contributed by atoms with E-state index in [0.29, 0.717) is 20.8 Å². The summed E-state index contributed by atoms with van der Waals surface area (Å²) in [5.41, 5.74) is 1.44. The summed E-state index contributed by atoms with van der Waals surface area (Å²) in [4.78, 5) is 72.2. The van der Waals surface area contributed by atoms with E-state index < -0.39 is 64.6 Å². The number of benzene rings is 2. The number of fused-ring (bicyclic) bond motifs is 5. The second kappa shape index (κ2) is 13.0. The van der Waals surface area contributed by atoms with Crippen molar-refractivity contribution < 1.29 is 38.9 Å². The number of likely N-dealkylation sites (tertiary alicyclic amines) is 1. The van der Waals surface area contributed by atoms with Gasteiger partial charge in [0.05, 0.1) is 46.0 Å². The molecule has 280 valence electrons. The number of allylic oxidation sites excluding steroid dienone is 2. The van der Waals surface area contributed by atoms with Crippen LogP contribution in [0, 0.1) is 36.0 Å². The maximum Gasteiger partial charge on any atom is 0.305 e. The number of imide groups is 2. The highest BCUT2D eigenvalue weighted by Gasteiger charge is 2.68. The van der Waals surface area contributed by atoms with E-state index in [0.717, 1.165) is 31.0 Å². The molecule has 1 saturated carbocycles. The summed E-state index contributed by atoms with van der Waals surface area (Å²) < 4.78 is 8.80. The number of halogens is 3. The van der Waals surface area contributed by atoms with Gasteiger partial charge in [0.15, 0.2) is 11.5 Å². The molecule has 4 aliphatic rings. The fourth-order valence-electron chi connectivity index (χ4n) is 9.26. The Morgan fingerprint density at radius 1 is 1.09 bits per heavy atom. The van der Waals surface area contributed by atoms with Gasteiger partial charge < -0.3 is 14.9 Å². The van der Waals surface area contributed by atoms with Crippen LogP contribution < -0.4 is 9.64 Å². The maximum absolute atomic E-state index is 15.2. The molecule has 3 fully saturated rings. The van der Waals surface area contributed by atoms with Crippen LogP contribution >= 0.6 is 54.8 Å². The Hall–Kier alpha value is -4.05. The first kappa shape index (κ1) is 36.9. The van der Waals surface area contributed by atoms with E-state index in [4.69, 9.17) is 21.4 Å². The first-order valence-electron chi connectivity index (χ1n) is 17.2. The molecule has 4 aromatic rings. The summed E-state index contributed by atoms with van der Waals surface area (Å²) in [5, 5.41) is 26.6. The van der Waals surface area contributed by atoms with Crippen molar-refractivity contribution in [3.63, 3.8) is 0 Å². The van der Waals surface area contributed by atoms with Crippen LogP contribution in [0.3, 0.4) is 0 Å². The Bertz CT molecular complexity index is 2410. The third kappa shape index (κ3) is 5.17. The van der Waals surface area contributed by atoms with Gasteiger partial charge in [-0.2, -0.15) is 5.10 Å². The number of aromatic nitrogens is 2. The van der Waals surface area contributed by atoms with E-state index in [9.17, 15) is 29.4 Å². The molecule has 4 amide bonds. The number of ether oxygens (including phenoxy) is 1. The first-order valence-corrected chi connectivity index (χ1v) is 20.0. The van der Waals surface area contributed by atoms with Crippen LogP contribution in [0.5, 0.6) is 11.5 Å². The highest BCUT2D eigenvalue weighted by atomic mass is 79.9. The zero-order valence-corrected chi connectivity index (χ0v) is 34.1. The lowest BCUT2D eigenvalue weighted by atomic mass is 9.51. The van der Waals surface area contributed by atoms with Crippen molar-refractivity contribution in [3.8, 4) is 22.1 Å². The molecule has 0 bridgehead atoms. The molecule has 2 aliphatic carbocycles. The van der Waals surface area contributed by atoms with Gasteiger partial charge in [-0.3, -0.25) is 33.6 Å². The van der Waals surface area contributed by atoms with E-state index in [-0.39, 0.29) is 47.6 Å². The van der Waals surface area contributed by atoms with Crippen molar-refractivity contribution in [1.29, 1.82) is 0 Å². The summed E-state index contributed by atoms with van der Waals surface area (Å²) in [6.07, 6.45) is 1.83. The third-order valence-electron chi connectivity index (χ3n) is 11.8. The lowest BCUT2D eigenvalue weighted by Gasteiger charge is -2.49. The van der Waals surface area contributed by atoms with Crippen LogP contribution in [0.1, 0.15) is 43.2 Å². The molecular formula is C38H33Br2ClN4O8S. The number of carboxylic acids is 1. The lowest BCUT2D eigenvalue weighted by molar-refractivity contribution is -0.142. The highest BCUT2D eigenvalue weighted by molar-refractivity contribution is 9.13. The Balaban J connectivity index is 1.27. The summed E-state index contributed by atoms with van der Waals surface area (Å²) in [5.74, 6) is -6.60. The summed E-state index contributed by atoms with van der Waals surface area (Å²) in [6, 6.07) is 9.04. The lowest BCUT2D eigenvalue weighted by Crippen LogP contribution is -2.49. The maximum atomic E-state index is 15.2. The van der Waals surface area contributed by atoms with Crippen LogP contribution in [0.15, 0.2) is 50.9 Å². The number of aliphatic carboxylic acids is 1. The fraction of sp³-hybridized carbons (Fsp3) is 0.368. The van der Waals surface area contributed by atoms with E-state index in [1.165, 1.54) is 28.0 Å². The van der Waals surface area contributed by atoms with Crippen molar-refractivity contribution in [3.05, 3.63) is 67.1 Å². The number of carbonyl (C=O) groups is 5. The fourth-order valence-corrected chi connectivity index (χ4v) is 11.5. The molecule has 54 heavy (non-hydrogen) atoms.